The summed E-state index contributed by atoms with van der Waals surface area (Å²) < 4.78 is 21.8. The third-order valence-electron chi connectivity index (χ3n) is 3.86. The Balaban J connectivity index is 1.96. The summed E-state index contributed by atoms with van der Waals surface area (Å²) in [4.78, 5) is 0. The van der Waals surface area contributed by atoms with Crippen LogP contribution in [0.15, 0.2) is 4.36 Å². The molecule has 2 rings (SSSR count). The lowest BCUT2D eigenvalue weighted by molar-refractivity contribution is -0.281. The predicted octanol–water partition coefficient (Wildman–Crippen LogP) is -1.17. The first kappa shape index (κ1) is 16.1. The van der Waals surface area contributed by atoms with E-state index in [0.29, 0.717) is 12.3 Å². The van der Waals surface area contributed by atoms with Gasteiger partial charge in [-0.05, 0) is 19.3 Å². The zero-order chi connectivity index (χ0) is 14.8. The molecule has 0 aliphatic carbocycles. The Kier molecular flexibility index (Phi) is 5.38. The Morgan fingerprint density at radius 3 is 2.55 bits per heavy atom. The molecule has 0 aromatic rings. The van der Waals surface area contributed by atoms with Crippen molar-refractivity contribution in [3.63, 3.8) is 0 Å². The molecule has 0 aromatic heterocycles. The second-order valence-corrected chi connectivity index (χ2v) is 8.04. The van der Waals surface area contributed by atoms with Crippen LogP contribution in [0.5, 0.6) is 0 Å². The summed E-state index contributed by atoms with van der Waals surface area (Å²) in [7, 11) is -2.29. The molecule has 1 fully saturated rings. The van der Waals surface area contributed by atoms with Crippen molar-refractivity contribution < 1.29 is 29.4 Å². The van der Waals surface area contributed by atoms with Gasteiger partial charge in [-0.1, -0.05) is 6.42 Å². The molecular weight excluding hydrogens is 286 g/mol. The molecule has 7 nitrogen and oxygen atoms in total. The molecule has 2 aliphatic heterocycles. The van der Waals surface area contributed by atoms with Gasteiger partial charge in [0.1, 0.15) is 18.3 Å². The lowest BCUT2D eigenvalue weighted by Crippen LogP contribution is -2.57. The van der Waals surface area contributed by atoms with E-state index in [9.17, 15) is 24.6 Å². The van der Waals surface area contributed by atoms with Gasteiger partial charge in [-0.15, -0.1) is 0 Å². The van der Waals surface area contributed by atoms with E-state index in [4.69, 9.17) is 4.74 Å². The van der Waals surface area contributed by atoms with Gasteiger partial charge in [0, 0.05) is 27.8 Å². The molecule has 0 spiro atoms. The van der Waals surface area contributed by atoms with Crippen LogP contribution in [0.4, 0.5) is 0 Å². The highest BCUT2D eigenvalue weighted by Crippen LogP contribution is 2.23. The molecule has 0 bridgehead atoms. The SMILES string of the molecule is O=S1(CC[C@H]2O[C@H](O)[C@@H](O)[C@@H](O)[C@@H]2O)=NCCCCC1. The maximum absolute atomic E-state index is 12.5. The van der Waals surface area contributed by atoms with Crippen LogP contribution in [0.3, 0.4) is 0 Å². The smallest absolute Gasteiger partial charge is 0.183 e. The first-order valence-electron chi connectivity index (χ1n) is 6.99. The topological polar surface area (TPSA) is 120 Å². The Morgan fingerprint density at radius 1 is 1.05 bits per heavy atom. The van der Waals surface area contributed by atoms with Crippen LogP contribution in [0.2, 0.25) is 0 Å². The molecule has 1 saturated heterocycles. The summed E-state index contributed by atoms with van der Waals surface area (Å²) in [5, 5.41) is 38.2. The molecule has 8 heteroatoms. The molecule has 118 valence electrons. The monoisotopic (exact) mass is 309 g/mol. The molecule has 6 atom stereocenters. The van der Waals surface area contributed by atoms with Crippen molar-refractivity contribution in [2.75, 3.05) is 18.1 Å². The minimum atomic E-state index is -2.29. The van der Waals surface area contributed by atoms with Gasteiger partial charge in [0.2, 0.25) is 0 Å². The third-order valence-corrected chi connectivity index (χ3v) is 6.31. The van der Waals surface area contributed by atoms with Crippen LogP contribution in [-0.4, -0.2) is 73.4 Å². The van der Waals surface area contributed by atoms with Crippen LogP contribution in [-0.2, 0) is 14.5 Å². The standard InChI is InChI=1S/C12H23NO6S/c14-9-8(19-12(17)11(16)10(9)15)4-7-20(18)6-3-1-2-5-13-20/h8-12,14-17H,1-7H2/t8-,9-,10+,11+,12+,20?/m1/s1. The van der Waals surface area contributed by atoms with E-state index >= 15 is 0 Å². The van der Waals surface area contributed by atoms with Gasteiger partial charge in [-0.2, -0.15) is 0 Å². The predicted molar refractivity (Wildman–Crippen MR) is 72.5 cm³/mol. The number of aliphatic hydroxyl groups is 4. The highest BCUT2D eigenvalue weighted by Gasteiger charge is 2.42. The molecule has 0 amide bonds. The summed E-state index contributed by atoms with van der Waals surface area (Å²) in [6.45, 7) is 0.594. The zero-order valence-electron chi connectivity index (χ0n) is 11.3. The number of rotatable bonds is 3. The quantitative estimate of drug-likeness (QED) is 0.521. The summed E-state index contributed by atoms with van der Waals surface area (Å²) in [5.41, 5.74) is 0. The first-order chi connectivity index (χ1) is 9.43. The lowest BCUT2D eigenvalue weighted by Gasteiger charge is -2.38. The fourth-order valence-corrected chi connectivity index (χ4v) is 4.73. The highest BCUT2D eigenvalue weighted by molar-refractivity contribution is 7.93. The Labute approximate surface area is 118 Å². The molecule has 2 heterocycles. The van der Waals surface area contributed by atoms with Crippen LogP contribution in [0.25, 0.3) is 0 Å². The van der Waals surface area contributed by atoms with E-state index in [1.807, 2.05) is 0 Å². The van der Waals surface area contributed by atoms with Crippen molar-refractivity contribution in [3.8, 4) is 0 Å². The fourth-order valence-electron chi connectivity index (χ4n) is 2.55. The van der Waals surface area contributed by atoms with Gasteiger partial charge in [0.25, 0.3) is 0 Å². The summed E-state index contributed by atoms with van der Waals surface area (Å²) in [6, 6.07) is 0. The van der Waals surface area contributed by atoms with E-state index in [1.54, 1.807) is 0 Å². The van der Waals surface area contributed by atoms with Crippen molar-refractivity contribution in [2.24, 2.45) is 4.36 Å². The molecule has 0 saturated carbocycles. The average molecular weight is 309 g/mol. The number of hydrogen-bond donors (Lipinski definition) is 4. The van der Waals surface area contributed by atoms with Crippen molar-refractivity contribution in [1.29, 1.82) is 0 Å². The summed E-state index contributed by atoms with van der Waals surface area (Å²) >= 11 is 0. The zero-order valence-corrected chi connectivity index (χ0v) is 12.1. The number of hydrogen-bond acceptors (Lipinski definition) is 7. The maximum atomic E-state index is 12.5. The van der Waals surface area contributed by atoms with E-state index in [1.165, 1.54) is 0 Å². The second kappa shape index (κ2) is 6.67. The third kappa shape index (κ3) is 3.69. The van der Waals surface area contributed by atoms with Crippen LogP contribution >= 0.6 is 0 Å². The Morgan fingerprint density at radius 2 is 1.80 bits per heavy atom. The van der Waals surface area contributed by atoms with Crippen LogP contribution in [0, 0.1) is 0 Å². The maximum Gasteiger partial charge on any atom is 0.183 e. The minimum absolute atomic E-state index is 0.227. The van der Waals surface area contributed by atoms with Gasteiger partial charge in [0.15, 0.2) is 6.29 Å². The van der Waals surface area contributed by atoms with Crippen LogP contribution < -0.4 is 0 Å². The van der Waals surface area contributed by atoms with Crippen LogP contribution in [0.1, 0.15) is 25.7 Å². The average Bonchev–Trinajstić information content (AvgIpc) is 2.64. The second-order valence-electron chi connectivity index (χ2n) is 5.42. The van der Waals surface area contributed by atoms with E-state index in [-0.39, 0.29) is 12.2 Å². The Hall–Kier alpha value is -0.250. The lowest BCUT2D eigenvalue weighted by atomic mass is 9.97. The number of aliphatic hydroxyl groups excluding tert-OH is 4. The minimum Gasteiger partial charge on any atom is -0.388 e. The molecule has 0 radical (unpaired) electrons. The summed E-state index contributed by atoms with van der Waals surface area (Å²) in [5.74, 6) is 0.813. The Bertz CT molecular complexity index is 436. The number of nitrogens with zero attached hydrogens (tertiary/aromatic N) is 1. The van der Waals surface area contributed by atoms with E-state index in [0.717, 1.165) is 19.3 Å². The van der Waals surface area contributed by atoms with Crippen molar-refractivity contribution in [1.82, 2.24) is 0 Å². The van der Waals surface area contributed by atoms with Gasteiger partial charge in [-0.3, -0.25) is 0 Å². The molecule has 0 aromatic carbocycles. The first-order valence-corrected chi connectivity index (χ1v) is 8.84. The van der Waals surface area contributed by atoms with E-state index < -0.39 is 40.4 Å². The van der Waals surface area contributed by atoms with Crippen molar-refractivity contribution >= 4 is 9.73 Å². The summed E-state index contributed by atoms with van der Waals surface area (Å²) in [6.07, 6.45) is -3.62. The highest BCUT2D eigenvalue weighted by atomic mass is 32.2. The molecule has 2 aliphatic rings. The number of ether oxygens (including phenoxy) is 1. The molecule has 1 unspecified atom stereocenters. The van der Waals surface area contributed by atoms with Crippen molar-refractivity contribution in [2.45, 2.75) is 56.4 Å². The normalized spacial score (nSPS) is 46.5. The fraction of sp³-hybridized carbons (Fsp3) is 1.00. The molecule has 20 heavy (non-hydrogen) atoms. The van der Waals surface area contributed by atoms with E-state index in [2.05, 4.69) is 4.36 Å². The largest absolute Gasteiger partial charge is 0.388 e. The van der Waals surface area contributed by atoms with Gasteiger partial charge in [0.05, 0.1) is 6.10 Å². The van der Waals surface area contributed by atoms with Gasteiger partial charge >= 0.3 is 0 Å². The van der Waals surface area contributed by atoms with Gasteiger partial charge in [-0.25, -0.2) is 8.57 Å². The molecule has 4 N–H and O–H groups in total. The van der Waals surface area contributed by atoms with Gasteiger partial charge < -0.3 is 25.2 Å². The van der Waals surface area contributed by atoms with Crippen molar-refractivity contribution in [3.05, 3.63) is 0 Å². The molecular formula is C12H23NO6S.